The minimum absolute atomic E-state index is 0. The van der Waals surface area contributed by atoms with Gasteiger partial charge in [-0.05, 0) is 38.1 Å². The molecular weight excluding hydrogens is 334 g/mol. The molecule has 24 heavy (non-hydrogen) atoms. The third kappa shape index (κ3) is 5.99. The van der Waals surface area contributed by atoms with Crippen molar-refractivity contribution < 1.29 is 19.1 Å². The van der Waals surface area contributed by atoms with Gasteiger partial charge in [0, 0.05) is 18.8 Å². The van der Waals surface area contributed by atoms with Crippen LogP contribution in [0, 0.1) is 0 Å². The van der Waals surface area contributed by atoms with Gasteiger partial charge in [-0.3, -0.25) is 9.59 Å². The second kappa shape index (κ2) is 10.1. The first kappa shape index (κ1) is 20.2. The topological polar surface area (TPSA) is 88.7 Å². The van der Waals surface area contributed by atoms with Crippen molar-refractivity contribution in [1.29, 1.82) is 0 Å². The number of hydrogen-bond donors (Lipinski definition) is 3. The van der Waals surface area contributed by atoms with E-state index in [1.54, 1.807) is 24.3 Å². The maximum Gasteiger partial charge on any atom is 0.257 e. The van der Waals surface area contributed by atoms with Gasteiger partial charge in [0.2, 0.25) is 5.91 Å². The van der Waals surface area contributed by atoms with Crippen LogP contribution in [0.1, 0.15) is 13.8 Å². The van der Waals surface area contributed by atoms with Crippen LogP contribution < -0.4 is 20.7 Å². The Kier molecular flexibility index (Phi) is 8.53. The van der Waals surface area contributed by atoms with Crippen molar-refractivity contribution in [2.75, 3.05) is 31.6 Å². The Bertz CT molecular complexity index is 539. The van der Waals surface area contributed by atoms with Gasteiger partial charge in [-0.15, -0.1) is 12.4 Å². The number of hydrogen-bond acceptors (Lipinski definition) is 5. The third-order valence-corrected chi connectivity index (χ3v) is 3.46. The molecule has 0 bridgehead atoms. The normalized spacial score (nSPS) is 19.8. The molecule has 134 valence electrons. The molecule has 1 aromatic carbocycles. The van der Waals surface area contributed by atoms with Crippen LogP contribution in [0.3, 0.4) is 0 Å². The van der Waals surface area contributed by atoms with E-state index in [2.05, 4.69) is 16.0 Å². The number of rotatable bonds is 6. The van der Waals surface area contributed by atoms with Crippen molar-refractivity contribution in [1.82, 2.24) is 10.6 Å². The standard InChI is InChI=1S/C16H23N3O4.ClH/c1-3-17-14(20)10-23-13-6-4-12(5-7-13)19-16(21)15-11(2)22-9-8-18-15;/h4-7,11,15,18H,3,8-10H2,1-2H3,(H,17,20)(H,19,21);1H/t11-,15+;/m1./s1. The Morgan fingerprint density at radius 3 is 2.67 bits per heavy atom. The van der Waals surface area contributed by atoms with Crippen LogP contribution >= 0.6 is 12.4 Å². The summed E-state index contributed by atoms with van der Waals surface area (Å²) in [5.74, 6) is 0.275. The number of morpholine rings is 1. The van der Waals surface area contributed by atoms with Crippen molar-refractivity contribution in [2.24, 2.45) is 0 Å². The lowest BCUT2D eigenvalue weighted by Gasteiger charge is -2.29. The van der Waals surface area contributed by atoms with Crippen molar-refractivity contribution in [3.63, 3.8) is 0 Å². The summed E-state index contributed by atoms with van der Waals surface area (Å²) in [4.78, 5) is 23.5. The molecule has 2 atom stereocenters. The van der Waals surface area contributed by atoms with E-state index in [-0.39, 0.29) is 43.0 Å². The monoisotopic (exact) mass is 357 g/mol. The van der Waals surface area contributed by atoms with Gasteiger partial charge in [0.05, 0.1) is 12.7 Å². The quantitative estimate of drug-likeness (QED) is 0.705. The Morgan fingerprint density at radius 2 is 2.04 bits per heavy atom. The molecule has 1 saturated heterocycles. The zero-order chi connectivity index (χ0) is 16.7. The maximum atomic E-state index is 12.2. The highest BCUT2D eigenvalue weighted by Crippen LogP contribution is 2.16. The summed E-state index contributed by atoms with van der Waals surface area (Å²) in [6, 6.07) is 6.53. The largest absolute Gasteiger partial charge is 0.484 e. The molecule has 0 aromatic heterocycles. The molecular formula is C16H24ClN3O4. The zero-order valence-corrected chi connectivity index (χ0v) is 14.7. The summed E-state index contributed by atoms with van der Waals surface area (Å²) >= 11 is 0. The van der Waals surface area contributed by atoms with Crippen LogP contribution in [0.15, 0.2) is 24.3 Å². The number of carbonyl (C=O) groups is 2. The average Bonchev–Trinajstić information content (AvgIpc) is 2.55. The van der Waals surface area contributed by atoms with E-state index in [1.165, 1.54) is 0 Å². The van der Waals surface area contributed by atoms with Crippen molar-refractivity contribution >= 4 is 29.9 Å². The number of likely N-dealkylation sites (N-methyl/N-ethyl adjacent to an activating group) is 1. The Balaban J connectivity index is 0.00000288. The van der Waals surface area contributed by atoms with Crippen LogP contribution in [0.4, 0.5) is 5.69 Å². The molecule has 0 radical (unpaired) electrons. The zero-order valence-electron chi connectivity index (χ0n) is 13.8. The molecule has 1 aliphatic heterocycles. The Labute approximate surface area is 147 Å². The number of ether oxygens (including phenoxy) is 2. The molecule has 1 aliphatic rings. The van der Waals surface area contributed by atoms with E-state index in [4.69, 9.17) is 9.47 Å². The second-order valence-electron chi connectivity index (χ2n) is 5.26. The van der Waals surface area contributed by atoms with Crippen molar-refractivity contribution in [3.05, 3.63) is 24.3 Å². The van der Waals surface area contributed by atoms with Gasteiger partial charge in [-0.2, -0.15) is 0 Å². The SMILES string of the molecule is CCNC(=O)COc1ccc(NC(=O)[C@H]2NCCO[C@@H]2C)cc1.Cl. The van der Waals surface area contributed by atoms with E-state index in [0.29, 0.717) is 31.1 Å². The number of nitrogens with one attached hydrogen (secondary N) is 3. The van der Waals surface area contributed by atoms with E-state index < -0.39 is 0 Å². The van der Waals surface area contributed by atoms with Crippen LogP contribution in [0.25, 0.3) is 0 Å². The van der Waals surface area contributed by atoms with Gasteiger partial charge in [0.15, 0.2) is 6.61 Å². The van der Waals surface area contributed by atoms with E-state index in [1.807, 2.05) is 13.8 Å². The van der Waals surface area contributed by atoms with Crippen molar-refractivity contribution in [2.45, 2.75) is 26.0 Å². The van der Waals surface area contributed by atoms with Crippen LogP contribution in [-0.2, 0) is 14.3 Å². The Morgan fingerprint density at radius 1 is 1.33 bits per heavy atom. The fourth-order valence-electron chi connectivity index (χ4n) is 2.28. The van der Waals surface area contributed by atoms with Gasteiger partial charge in [0.25, 0.3) is 5.91 Å². The van der Waals surface area contributed by atoms with Gasteiger partial charge in [0.1, 0.15) is 11.8 Å². The first-order valence-corrected chi connectivity index (χ1v) is 7.75. The minimum atomic E-state index is -0.364. The van der Waals surface area contributed by atoms with Gasteiger partial charge in [-0.1, -0.05) is 0 Å². The van der Waals surface area contributed by atoms with Crippen molar-refractivity contribution in [3.8, 4) is 5.75 Å². The number of benzene rings is 1. The highest BCUT2D eigenvalue weighted by molar-refractivity contribution is 5.95. The fraction of sp³-hybridized carbons (Fsp3) is 0.500. The molecule has 0 aliphatic carbocycles. The summed E-state index contributed by atoms with van der Waals surface area (Å²) < 4.78 is 10.8. The maximum absolute atomic E-state index is 12.2. The third-order valence-electron chi connectivity index (χ3n) is 3.46. The van der Waals surface area contributed by atoms with Gasteiger partial charge < -0.3 is 25.4 Å². The lowest BCUT2D eigenvalue weighted by Crippen LogP contribution is -2.53. The molecule has 0 spiro atoms. The predicted octanol–water partition coefficient (Wildman–Crippen LogP) is 0.939. The molecule has 7 nitrogen and oxygen atoms in total. The first-order chi connectivity index (χ1) is 11.1. The number of amides is 2. The molecule has 0 unspecified atom stereocenters. The molecule has 1 heterocycles. The molecule has 1 aromatic rings. The van der Waals surface area contributed by atoms with Crippen LogP contribution in [-0.4, -0.2) is 50.3 Å². The fourth-order valence-corrected chi connectivity index (χ4v) is 2.28. The predicted molar refractivity (Wildman–Crippen MR) is 93.7 cm³/mol. The van der Waals surface area contributed by atoms with E-state index in [0.717, 1.165) is 0 Å². The summed E-state index contributed by atoms with van der Waals surface area (Å²) in [7, 11) is 0. The van der Waals surface area contributed by atoms with Gasteiger partial charge >= 0.3 is 0 Å². The number of anilines is 1. The molecule has 3 N–H and O–H groups in total. The summed E-state index contributed by atoms with van der Waals surface area (Å²) in [6.45, 7) is 5.54. The average molecular weight is 358 g/mol. The smallest absolute Gasteiger partial charge is 0.257 e. The van der Waals surface area contributed by atoms with E-state index >= 15 is 0 Å². The Hall–Kier alpha value is -1.83. The highest BCUT2D eigenvalue weighted by atomic mass is 35.5. The van der Waals surface area contributed by atoms with Crippen LogP contribution in [0.5, 0.6) is 5.75 Å². The molecule has 8 heteroatoms. The molecule has 2 rings (SSSR count). The summed E-state index contributed by atoms with van der Waals surface area (Å²) in [6.07, 6.45) is -0.163. The first-order valence-electron chi connectivity index (χ1n) is 7.75. The minimum Gasteiger partial charge on any atom is -0.484 e. The van der Waals surface area contributed by atoms with E-state index in [9.17, 15) is 9.59 Å². The lowest BCUT2D eigenvalue weighted by atomic mass is 10.1. The molecule has 1 fully saturated rings. The summed E-state index contributed by atoms with van der Waals surface area (Å²) in [5, 5.41) is 8.63. The van der Waals surface area contributed by atoms with Gasteiger partial charge in [-0.25, -0.2) is 0 Å². The summed E-state index contributed by atoms with van der Waals surface area (Å²) in [5.41, 5.74) is 0.667. The second-order valence-corrected chi connectivity index (χ2v) is 5.26. The lowest BCUT2D eigenvalue weighted by molar-refractivity contribution is -0.124. The molecule has 2 amide bonds. The van der Waals surface area contributed by atoms with Crippen LogP contribution in [0.2, 0.25) is 0 Å². The number of carbonyl (C=O) groups excluding carboxylic acids is 2. The molecule has 0 saturated carbocycles. The highest BCUT2D eigenvalue weighted by Gasteiger charge is 2.28. The number of halogens is 1.